The average molecular weight is 391 g/mol. The molecule has 0 aliphatic rings. The number of hydrogen-bond donors (Lipinski definition) is 0. The summed E-state index contributed by atoms with van der Waals surface area (Å²) in [5.41, 5.74) is 1.58. The van der Waals surface area contributed by atoms with Crippen molar-refractivity contribution in [3.05, 3.63) is 82.9 Å². The van der Waals surface area contributed by atoms with Crippen molar-refractivity contribution in [3.63, 3.8) is 0 Å². The minimum absolute atomic E-state index is 0.000563. The predicted octanol–water partition coefficient (Wildman–Crippen LogP) is 3.09. The summed E-state index contributed by atoms with van der Waals surface area (Å²) in [6, 6.07) is 14.9. The van der Waals surface area contributed by atoms with Gasteiger partial charge >= 0.3 is 0 Å². The molecule has 0 saturated heterocycles. The zero-order valence-corrected chi connectivity index (χ0v) is 16.8. The molecule has 2 aromatic carbocycles. The standard InChI is InChI=1S/C23H25N3O3/c1-4-15-29-18-11-9-17(10-12-18)16-25(2)22(27)14-13-21-24-20-8-6-5-7-19(20)23(28)26(21)3/h4-12H,1,13-16H2,2-3H3. The maximum atomic E-state index is 12.6. The van der Waals surface area contributed by atoms with Crippen LogP contribution < -0.4 is 10.3 Å². The van der Waals surface area contributed by atoms with E-state index in [4.69, 9.17) is 4.74 Å². The van der Waals surface area contributed by atoms with Crippen LogP contribution >= 0.6 is 0 Å². The molecule has 6 nitrogen and oxygen atoms in total. The zero-order chi connectivity index (χ0) is 20.8. The summed E-state index contributed by atoms with van der Waals surface area (Å²) in [5, 5.41) is 0.586. The minimum Gasteiger partial charge on any atom is -0.490 e. The first-order valence-corrected chi connectivity index (χ1v) is 9.51. The number of nitrogens with zero attached hydrogens (tertiary/aromatic N) is 3. The van der Waals surface area contributed by atoms with E-state index in [0.29, 0.717) is 36.3 Å². The van der Waals surface area contributed by atoms with Crippen molar-refractivity contribution < 1.29 is 9.53 Å². The first kappa shape index (κ1) is 20.3. The molecule has 0 fully saturated rings. The molecule has 0 radical (unpaired) electrons. The zero-order valence-electron chi connectivity index (χ0n) is 16.8. The van der Waals surface area contributed by atoms with Crippen molar-refractivity contribution >= 4 is 16.8 Å². The first-order valence-electron chi connectivity index (χ1n) is 9.51. The second-order valence-corrected chi connectivity index (χ2v) is 6.90. The highest BCUT2D eigenvalue weighted by Crippen LogP contribution is 2.14. The van der Waals surface area contributed by atoms with Gasteiger partial charge in [0.05, 0.1) is 10.9 Å². The molecular formula is C23H25N3O3. The summed E-state index contributed by atoms with van der Waals surface area (Å²) in [7, 11) is 3.47. The van der Waals surface area contributed by atoms with E-state index in [1.807, 2.05) is 42.5 Å². The molecule has 1 heterocycles. The van der Waals surface area contributed by atoms with Crippen LogP contribution in [0.25, 0.3) is 10.9 Å². The van der Waals surface area contributed by atoms with E-state index < -0.39 is 0 Å². The number of amides is 1. The molecule has 0 aliphatic carbocycles. The highest BCUT2D eigenvalue weighted by molar-refractivity contribution is 5.78. The Morgan fingerprint density at radius 2 is 1.93 bits per heavy atom. The Bertz CT molecular complexity index is 1070. The number of ether oxygens (including phenoxy) is 1. The summed E-state index contributed by atoms with van der Waals surface area (Å²) in [6.45, 7) is 4.59. The van der Waals surface area contributed by atoms with E-state index in [0.717, 1.165) is 11.3 Å². The van der Waals surface area contributed by atoms with Crippen molar-refractivity contribution in [2.75, 3.05) is 13.7 Å². The number of rotatable bonds is 8. The lowest BCUT2D eigenvalue weighted by Gasteiger charge is -2.18. The highest BCUT2D eigenvalue weighted by atomic mass is 16.5. The lowest BCUT2D eigenvalue weighted by atomic mass is 10.2. The first-order chi connectivity index (χ1) is 14.0. The molecule has 3 aromatic rings. The van der Waals surface area contributed by atoms with Crippen molar-refractivity contribution in [2.45, 2.75) is 19.4 Å². The van der Waals surface area contributed by atoms with E-state index >= 15 is 0 Å². The third-order valence-electron chi connectivity index (χ3n) is 4.77. The summed E-state index contributed by atoms with van der Waals surface area (Å²) >= 11 is 0. The summed E-state index contributed by atoms with van der Waals surface area (Å²) in [4.78, 5) is 31.3. The van der Waals surface area contributed by atoms with Gasteiger partial charge in [0.15, 0.2) is 0 Å². The quantitative estimate of drug-likeness (QED) is 0.554. The van der Waals surface area contributed by atoms with Gasteiger partial charge in [-0.15, -0.1) is 0 Å². The number of benzene rings is 2. The number of hydrogen-bond acceptors (Lipinski definition) is 4. The van der Waals surface area contributed by atoms with Crippen molar-refractivity contribution in [1.29, 1.82) is 0 Å². The maximum absolute atomic E-state index is 12.6. The van der Waals surface area contributed by atoms with Crippen LogP contribution in [0.1, 0.15) is 17.8 Å². The van der Waals surface area contributed by atoms with Gasteiger partial charge in [-0.05, 0) is 29.8 Å². The Morgan fingerprint density at radius 3 is 2.66 bits per heavy atom. The number of carbonyl (C=O) groups excluding carboxylic acids is 1. The fourth-order valence-electron chi connectivity index (χ4n) is 3.11. The van der Waals surface area contributed by atoms with Crippen LogP contribution in [0.3, 0.4) is 0 Å². The average Bonchev–Trinajstić information content (AvgIpc) is 2.74. The molecule has 6 heteroatoms. The molecular weight excluding hydrogens is 366 g/mol. The number of fused-ring (bicyclic) bond motifs is 1. The van der Waals surface area contributed by atoms with Gasteiger partial charge in [-0.25, -0.2) is 4.98 Å². The van der Waals surface area contributed by atoms with Gasteiger partial charge in [-0.2, -0.15) is 0 Å². The van der Waals surface area contributed by atoms with Crippen LogP contribution in [0.5, 0.6) is 5.75 Å². The molecule has 0 spiro atoms. The molecule has 0 N–H and O–H groups in total. The molecule has 0 atom stereocenters. The molecule has 0 bridgehead atoms. The molecule has 3 rings (SSSR count). The van der Waals surface area contributed by atoms with E-state index in [1.165, 1.54) is 4.57 Å². The Hall–Kier alpha value is -3.41. The molecule has 0 saturated carbocycles. The number of para-hydroxylation sites is 1. The van der Waals surface area contributed by atoms with Crippen LogP contribution in [0.4, 0.5) is 0 Å². The predicted molar refractivity (Wildman–Crippen MR) is 114 cm³/mol. The summed E-state index contributed by atoms with van der Waals surface area (Å²) < 4.78 is 6.99. The third-order valence-corrected chi connectivity index (χ3v) is 4.77. The van der Waals surface area contributed by atoms with Gasteiger partial charge in [-0.1, -0.05) is 36.9 Å². The van der Waals surface area contributed by atoms with Gasteiger partial charge in [0, 0.05) is 33.5 Å². The lowest BCUT2D eigenvalue weighted by molar-refractivity contribution is -0.130. The van der Waals surface area contributed by atoms with Gasteiger partial charge in [0.2, 0.25) is 5.91 Å². The van der Waals surface area contributed by atoms with Crippen molar-refractivity contribution in [1.82, 2.24) is 14.5 Å². The van der Waals surface area contributed by atoms with Crippen molar-refractivity contribution in [2.24, 2.45) is 7.05 Å². The topological polar surface area (TPSA) is 64.4 Å². The lowest BCUT2D eigenvalue weighted by Crippen LogP contribution is -2.28. The van der Waals surface area contributed by atoms with E-state index in [1.54, 1.807) is 31.1 Å². The normalized spacial score (nSPS) is 10.7. The number of aryl methyl sites for hydroxylation is 1. The van der Waals surface area contributed by atoms with Gasteiger partial charge < -0.3 is 9.64 Å². The molecule has 29 heavy (non-hydrogen) atoms. The Morgan fingerprint density at radius 1 is 1.21 bits per heavy atom. The maximum Gasteiger partial charge on any atom is 0.261 e. The fourth-order valence-corrected chi connectivity index (χ4v) is 3.11. The summed E-state index contributed by atoms with van der Waals surface area (Å²) in [6.07, 6.45) is 2.39. The summed E-state index contributed by atoms with van der Waals surface area (Å²) in [5.74, 6) is 1.38. The SMILES string of the molecule is C=CCOc1ccc(CN(C)C(=O)CCc2nc3ccccc3c(=O)n2C)cc1. The Balaban J connectivity index is 1.62. The monoisotopic (exact) mass is 391 g/mol. The van der Waals surface area contributed by atoms with Crippen LogP contribution in [0.15, 0.2) is 66.0 Å². The molecule has 0 aliphatic heterocycles. The second kappa shape index (κ2) is 9.19. The number of carbonyl (C=O) groups is 1. The van der Waals surface area contributed by atoms with Crippen LogP contribution in [0.2, 0.25) is 0 Å². The largest absolute Gasteiger partial charge is 0.490 e. The van der Waals surface area contributed by atoms with Crippen LogP contribution in [-0.2, 0) is 24.8 Å². The Labute approximate surface area is 170 Å². The molecule has 0 unspecified atom stereocenters. The van der Waals surface area contributed by atoms with E-state index in [-0.39, 0.29) is 17.9 Å². The van der Waals surface area contributed by atoms with Crippen LogP contribution in [0, 0.1) is 0 Å². The van der Waals surface area contributed by atoms with Gasteiger partial charge in [0.25, 0.3) is 5.56 Å². The number of aromatic nitrogens is 2. The van der Waals surface area contributed by atoms with Gasteiger partial charge in [-0.3, -0.25) is 14.2 Å². The van der Waals surface area contributed by atoms with Gasteiger partial charge in [0.1, 0.15) is 18.2 Å². The Kier molecular flexibility index (Phi) is 6.44. The molecule has 1 aromatic heterocycles. The molecule has 1 amide bonds. The smallest absolute Gasteiger partial charge is 0.261 e. The highest BCUT2D eigenvalue weighted by Gasteiger charge is 2.13. The van der Waals surface area contributed by atoms with E-state index in [2.05, 4.69) is 11.6 Å². The van der Waals surface area contributed by atoms with Crippen molar-refractivity contribution in [3.8, 4) is 5.75 Å². The molecule has 150 valence electrons. The fraction of sp³-hybridized carbons (Fsp3) is 0.261. The second-order valence-electron chi connectivity index (χ2n) is 6.90. The van der Waals surface area contributed by atoms with E-state index in [9.17, 15) is 9.59 Å². The van der Waals surface area contributed by atoms with Crippen LogP contribution in [-0.4, -0.2) is 34.0 Å². The minimum atomic E-state index is -0.0924. The third kappa shape index (κ3) is 4.90.